The predicted octanol–water partition coefficient (Wildman–Crippen LogP) is 4.58. The molecule has 0 amide bonds. The lowest BCUT2D eigenvalue weighted by atomic mass is 10.1. The maximum absolute atomic E-state index is 11.8. The third kappa shape index (κ3) is 3.72. The first-order valence-electron chi connectivity index (χ1n) is 6.28. The van der Waals surface area contributed by atoms with Crippen LogP contribution in [-0.4, -0.2) is 5.97 Å². The molecule has 0 radical (unpaired) electrons. The zero-order chi connectivity index (χ0) is 14.5. The van der Waals surface area contributed by atoms with Crippen molar-refractivity contribution in [3.63, 3.8) is 0 Å². The first-order valence-corrected chi connectivity index (χ1v) is 6.66. The number of benzene rings is 2. The highest BCUT2D eigenvalue weighted by atomic mass is 35.5. The molecule has 0 aromatic heterocycles. The van der Waals surface area contributed by atoms with Crippen molar-refractivity contribution in [2.75, 3.05) is 0 Å². The number of hydrogen-bond acceptors (Lipinski definition) is 2. The van der Waals surface area contributed by atoms with Crippen molar-refractivity contribution in [2.45, 2.75) is 13.8 Å². The van der Waals surface area contributed by atoms with Crippen molar-refractivity contribution < 1.29 is 9.53 Å². The molecule has 0 spiro atoms. The van der Waals surface area contributed by atoms with Gasteiger partial charge in [0.05, 0.1) is 0 Å². The van der Waals surface area contributed by atoms with Crippen molar-refractivity contribution in [1.29, 1.82) is 0 Å². The molecule has 2 nitrogen and oxygen atoms in total. The average molecular weight is 287 g/mol. The Kier molecular flexibility index (Phi) is 4.59. The summed E-state index contributed by atoms with van der Waals surface area (Å²) in [5.74, 6) is 0.0992. The Morgan fingerprint density at radius 3 is 2.30 bits per heavy atom. The van der Waals surface area contributed by atoms with E-state index in [4.69, 9.17) is 16.3 Å². The molecule has 0 bridgehead atoms. The van der Waals surface area contributed by atoms with Crippen LogP contribution in [0.15, 0.2) is 48.5 Å². The fourth-order valence-electron chi connectivity index (χ4n) is 1.84. The van der Waals surface area contributed by atoms with E-state index in [-0.39, 0.29) is 0 Å². The molecule has 2 aromatic carbocycles. The summed E-state index contributed by atoms with van der Waals surface area (Å²) in [5, 5.41) is 0.699. The molecule has 0 saturated heterocycles. The molecule has 102 valence electrons. The number of aryl methyl sites for hydroxylation is 2. The highest BCUT2D eigenvalue weighted by Crippen LogP contribution is 2.25. The molecule has 20 heavy (non-hydrogen) atoms. The van der Waals surface area contributed by atoms with Gasteiger partial charge in [-0.15, -0.1) is 0 Å². The molecule has 0 atom stereocenters. The zero-order valence-corrected chi connectivity index (χ0v) is 12.1. The summed E-state index contributed by atoms with van der Waals surface area (Å²) >= 11 is 6.07. The lowest BCUT2D eigenvalue weighted by Gasteiger charge is -2.07. The molecular formula is C17H15ClO2. The summed E-state index contributed by atoms with van der Waals surface area (Å²) in [4.78, 5) is 11.8. The maximum atomic E-state index is 11.8. The van der Waals surface area contributed by atoms with Crippen molar-refractivity contribution in [1.82, 2.24) is 0 Å². The van der Waals surface area contributed by atoms with Gasteiger partial charge in [0.2, 0.25) is 0 Å². The van der Waals surface area contributed by atoms with E-state index < -0.39 is 5.97 Å². The van der Waals surface area contributed by atoms with Crippen LogP contribution in [0.2, 0.25) is 5.02 Å². The molecule has 2 rings (SSSR count). The number of esters is 1. The highest BCUT2D eigenvalue weighted by Gasteiger charge is 2.06. The summed E-state index contributed by atoms with van der Waals surface area (Å²) in [6.07, 6.45) is 3.13. The van der Waals surface area contributed by atoms with Crippen molar-refractivity contribution in [3.05, 3.63) is 70.3 Å². The Morgan fingerprint density at radius 2 is 1.70 bits per heavy atom. The molecule has 0 heterocycles. The summed E-state index contributed by atoms with van der Waals surface area (Å²) in [6.45, 7) is 3.76. The Morgan fingerprint density at radius 1 is 1.10 bits per heavy atom. The smallest absolute Gasteiger partial charge is 0.336 e. The maximum Gasteiger partial charge on any atom is 0.336 e. The zero-order valence-electron chi connectivity index (χ0n) is 11.4. The number of carbonyl (C=O) groups excluding carboxylic acids is 1. The van der Waals surface area contributed by atoms with Crippen LogP contribution in [-0.2, 0) is 4.79 Å². The Balaban J connectivity index is 2.07. The van der Waals surface area contributed by atoms with E-state index in [2.05, 4.69) is 0 Å². The van der Waals surface area contributed by atoms with Gasteiger partial charge >= 0.3 is 5.97 Å². The molecule has 2 aromatic rings. The van der Waals surface area contributed by atoms with Crippen LogP contribution in [0, 0.1) is 13.8 Å². The van der Waals surface area contributed by atoms with Crippen molar-refractivity contribution >= 4 is 23.6 Å². The van der Waals surface area contributed by atoms with Gasteiger partial charge < -0.3 is 4.74 Å². The first kappa shape index (κ1) is 14.4. The molecular weight excluding hydrogens is 272 g/mol. The third-order valence-corrected chi connectivity index (χ3v) is 3.44. The van der Waals surface area contributed by atoms with Crippen molar-refractivity contribution in [2.24, 2.45) is 0 Å². The number of halogens is 1. The molecule has 0 N–H and O–H groups in total. The number of hydrogen-bond donors (Lipinski definition) is 0. The van der Waals surface area contributed by atoms with Gasteiger partial charge in [-0.05, 0) is 48.7 Å². The molecule has 0 unspecified atom stereocenters. The summed E-state index contributed by atoms with van der Waals surface area (Å²) in [5.41, 5.74) is 2.73. The van der Waals surface area contributed by atoms with Gasteiger partial charge in [0.1, 0.15) is 5.75 Å². The minimum Gasteiger partial charge on any atom is -0.423 e. The van der Waals surface area contributed by atoms with Crippen molar-refractivity contribution in [3.8, 4) is 5.75 Å². The first-order chi connectivity index (χ1) is 9.56. The van der Waals surface area contributed by atoms with Crippen LogP contribution >= 0.6 is 11.6 Å². The molecule has 0 fully saturated rings. The monoisotopic (exact) mass is 286 g/mol. The summed E-state index contributed by atoms with van der Waals surface area (Å²) < 4.78 is 5.27. The molecule has 3 heteroatoms. The van der Waals surface area contributed by atoms with Crippen LogP contribution in [0.4, 0.5) is 0 Å². The van der Waals surface area contributed by atoms with E-state index in [0.29, 0.717) is 10.8 Å². The van der Waals surface area contributed by atoms with E-state index in [0.717, 1.165) is 16.7 Å². The van der Waals surface area contributed by atoms with E-state index in [1.807, 2.05) is 44.2 Å². The standard InChI is InChI=1S/C17H15ClO2/c1-12-10-15(11-13(2)17(12)18)20-16(19)9-8-14-6-4-3-5-7-14/h3-11H,1-2H3. The molecule has 0 aliphatic carbocycles. The molecule has 0 saturated carbocycles. The fraction of sp³-hybridized carbons (Fsp3) is 0.118. The van der Waals surface area contributed by atoms with Gasteiger partial charge in [0.25, 0.3) is 0 Å². The van der Waals surface area contributed by atoms with Crippen LogP contribution in [0.1, 0.15) is 16.7 Å². The Bertz CT molecular complexity index is 622. The molecule has 0 aliphatic heterocycles. The van der Waals surface area contributed by atoms with E-state index in [1.54, 1.807) is 18.2 Å². The van der Waals surface area contributed by atoms with Gasteiger partial charge in [-0.25, -0.2) is 4.79 Å². The van der Waals surface area contributed by atoms with Gasteiger partial charge in [0.15, 0.2) is 0 Å². The Hall–Kier alpha value is -2.06. The van der Waals surface area contributed by atoms with Gasteiger partial charge in [0, 0.05) is 11.1 Å². The fourth-order valence-corrected chi connectivity index (χ4v) is 1.95. The number of ether oxygens (including phenoxy) is 1. The van der Waals surface area contributed by atoms with E-state index in [1.165, 1.54) is 6.08 Å². The topological polar surface area (TPSA) is 26.3 Å². The van der Waals surface area contributed by atoms with Gasteiger partial charge in [-0.3, -0.25) is 0 Å². The second-order valence-corrected chi connectivity index (χ2v) is 4.91. The average Bonchev–Trinajstić information content (AvgIpc) is 2.43. The number of carbonyl (C=O) groups is 1. The largest absolute Gasteiger partial charge is 0.423 e. The quantitative estimate of drug-likeness (QED) is 0.469. The van der Waals surface area contributed by atoms with E-state index >= 15 is 0 Å². The molecule has 0 aliphatic rings. The lowest BCUT2D eigenvalue weighted by Crippen LogP contribution is -2.04. The minimum atomic E-state index is -0.407. The number of rotatable bonds is 3. The second-order valence-electron chi connectivity index (χ2n) is 4.54. The van der Waals surface area contributed by atoms with Crippen LogP contribution in [0.5, 0.6) is 5.75 Å². The Labute approximate surface area is 123 Å². The SMILES string of the molecule is Cc1cc(OC(=O)C=Cc2ccccc2)cc(C)c1Cl. The summed E-state index contributed by atoms with van der Waals surface area (Å²) in [6, 6.07) is 13.1. The normalized spacial score (nSPS) is 10.8. The second kappa shape index (κ2) is 6.40. The van der Waals surface area contributed by atoms with Crippen LogP contribution in [0.3, 0.4) is 0 Å². The minimum absolute atomic E-state index is 0.407. The predicted molar refractivity (Wildman–Crippen MR) is 82.0 cm³/mol. The van der Waals surface area contributed by atoms with Gasteiger partial charge in [-0.1, -0.05) is 41.9 Å². The van der Waals surface area contributed by atoms with Gasteiger partial charge in [-0.2, -0.15) is 0 Å². The lowest BCUT2D eigenvalue weighted by molar-refractivity contribution is -0.128. The highest BCUT2D eigenvalue weighted by molar-refractivity contribution is 6.32. The third-order valence-electron chi connectivity index (χ3n) is 2.84. The van der Waals surface area contributed by atoms with Crippen LogP contribution in [0.25, 0.3) is 6.08 Å². The van der Waals surface area contributed by atoms with E-state index in [9.17, 15) is 4.79 Å². The van der Waals surface area contributed by atoms with Crippen LogP contribution < -0.4 is 4.74 Å². The summed E-state index contributed by atoms with van der Waals surface area (Å²) in [7, 11) is 0.